The van der Waals surface area contributed by atoms with Gasteiger partial charge in [0.25, 0.3) is 0 Å². The van der Waals surface area contributed by atoms with Gasteiger partial charge in [-0.2, -0.15) is 0 Å². The molecule has 1 heterocycles. The van der Waals surface area contributed by atoms with E-state index in [0.29, 0.717) is 17.7 Å². The predicted molar refractivity (Wildman–Crippen MR) is 88.1 cm³/mol. The number of primary amides is 1. The van der Waals surface area contributed by atoms with E-state index in [1.54, 1.807) is 24.3 Å². The van der Waals surface area contributed by atoms with Crippen molar-refractivity contribution in [2.45, 2.75) is 44.7 Å². The first kappa shape index (κ1) is 17.3. The molecule has 1 saturated heterocycles. The zero-order valence-electron chi connectivity index (χ0n) is 13.5. The molecule has 0 aromatic heterocycles. The zero-order chi connectivity index (χ0) is 16.8. The molecule has 4 N–H and O–H groups in total. The number of hydrogen-bond donors (Lipinski definition) is 2. The van der Waals surface area contributed by atoms with Crippen LogP contribution in [-0.4, -0.2) is 41.9 Å². The number of nitrogens with two attached hydrogens (primary N) is 2. The van der Waals surface area contributed by atoms with Gasteiger partial charge in [0.2, 0.25) is 11.8 Å². The fraction of sp³-hybridized carbons (Fsp3) is 0.529. The second-order valence-electron chi connectivity index (χ2n) is 6.00. The van der Waals surface area contributed by atoms with Crippen LogP contribution in [0.15, 0.2) is 24.3 Å². The lowest BCUT2D eigenvalue weighted by molar-refractivity contribution is -0.135. The molecule has 0 spiro atoms. The first-order chi connectivity index (χ1) is 11.0. The van der Waals surface area contributed by atoms with Gasteiger partial charge in [0, 0.05) is 24.2 Å². The van der Waals surface area contributed by atoms with Crippen molar-refractivity contribution >= 4 is 11.8 Å². The number of amides is 2. The largest absolute Gasteiger partial charge is 0.493 e. The molecule has 0 radical (unpaired) electrons. The molecule has 23 heavy (non-hydrogen) atoms. The number of hydrogen-bond acceptors (Lipinski definition) is 4. The molecule has 1 aromatic rings. The summed E-state index contributed by atoms with van der Waals surface area (Å²) in [5.41, 5.74) is 11.6. The smallest absolute Gasteiger partial charge is 0.248 e. The summed E-state index contributed by atoms with van der Waals surface area (Å²) in [6.07, 6.45) is 3.40. The van der Waals surface area contributed by atoms with Crippen LogP contribution in [0.4, 0.5) is 0 Å². The molecule has 1 aliphatic rings. The first-order valence-electron chi connectivity index (χ1n) is 8.06. The van der Waals surface area contributed by atoms with Crippen molar-refractivity contribution in [2.75, 3.05) is 13.2 Å². The summed E-state index contributed by atoms with van der Waals surface area (Å²) in [6.45, 7) is 2.98. The van der Waals surface area contributed by atoms with Crippen LogP contribution < -0.4 is 16.2 Å². The van der Waals surface area contributed by atoms with Crippen LogP contribution in [0.3, 0.4) is 0 Å². The molecule has 6 heteroatoms. The van der Waals surface area contributed by atoms with Gasteiger partial charge in [0.05, 0.1) is 13.0 Å². The molecule has 2 unspecified atom stereocenters. The number of piperidine rings is 1. The van der Waals surface area contributed by atoms with E-state index in [9.17, 15) is 9.59 Å². The Bertz CT molecular complexity index is 560. The van der Waals surface area contributed by atoms with Crippen LogP contribution in [0.25, 0.3) is 0 Å². The summed E-state index contributed by atoms with van der Waals surface area (Å²) in [5.74, 6) is 0.106. The van der Waals surface area contributed by atoms with Crippen molar-refractivity contribution in [2.24, 2.45) is 11.5 Å². The van der Waals surface area contributed by atoms with Crippen molar-refractivity contribution in [1.82, 2.24) is 4.90 Å². The SMILES string of the molecule is CC(N)C1CCCCN1C(=O)CCOc1cccc(C(N)=O)c1. The molecule has 2 atom stereocenters. The van der Waals surface area contributed by atoms with Gasteiger partial charge in [-0.05, 0) is 44.4 Å². The van der Waals surface area contributed by atoms with E-state index >= 15 is 0 Å². The number of likely N-dealkylation sites (tertiary alicyclic amines) is 1. The average molecular weight is 319 g/mol. The molecular weight excluding hydrogens is 294 g/mol. The van der Waals surface area contributed by atoms with Gasteiger partial charge in [-0.25, -0.2) is 0 Å². The second-order valence-corrected chi connectivity index (χ2v) is 6.00. The number of benzene rings is 1. The fourth-order valence-electron chi connectivity index (χ4n) is 2.95. The highest BCUT2D eigenvalue weighted by molar-refractivity contribution is 5.93. The van der Waals surface area contributed by atoms with E-state index in [0.717, 1.165) is 25.8 Å². The third-order valence-corrected chi connectivity index (χ3v) is 4.18. The van der Waals surface area contributed by atoms with E-state index in [1.807, 2.05) is 11.8 Å². The lowest BCUT2D eigenvalue weighted by Crippen LogP contribution is -2.51. The topological polar surface area (TPSA) is 98.7 Å². The van der Waals surface area contributed by atoms with Crippen molar-refractivity contribution in [3.05, 3.63) is 29.8 Å². The van der Waals surface area contributed by atoms with Gasteiger partial charge in [-0.1, -0.05) is 6.07 Å². The maximum absolute atomic E-state index is 12.4. The minimum Gasteiger partial charge on any atom is -0.493 e. The summed E-state index contributed by atoms with van der Waals surface area (Å²) in [5, 5.41) is 0. The summed E-state index contributed by atoms with van der Waals surface area (Å²) in [7, 11) is 0. The van der Waals surface area contributed by atoms with E-state index in [-0.39, 0.29) is 24.6 Å². The van der Waals surface area contributed by atoms with E-state index < -0.39 is 5.91 Å². The number of carbonyl (C=O) groups is 2. The van der Waals surface area contributed by atoms with E-state index in [2.05, 4.69) is 0 Å². The molecule has 1 aliphatic heterocycles. The highest BCUT2D eigenvalue weighted by Crippen LogP contribution is 2.20. The maximum Gasteiger partial charge on any atom is 0.248 e. The molecule has 1 aromatic carbocycles. The number of ether oxygens (including phenoxy) is 1. The van der Waals surface area contributed by atoms with Crippen molar-refractivity contribution < 1.29 is 14.3 Å². The van der Waals surface area contributed by atoms with Gasteiger partial charge in [-0.3, -0.25) is 9.59 Å². The maximum atomic E-state index is 12.4. The van der Waals surface area contributed by atoms with Crippen LogP contribution in [0.2, 0.25) is 0 Å². The van der Waals surface area contributed by atoms with Gasteiger partial charge in [0.1, 0.15) is 5.75 Å². The summed E-state index contributed by atoms with van der Waals surface area (Å²) in [6, 6.07) is 6.75. The third-order valence-electron chi connectivity index (χ3n) is 4.18. The average Bonchev–Trinajstić information content (AvgIpc) is 2.55. The number of rotatable bonds is 6. The highest BCUT2D eigenvalue weighted by Gasteiger charge is 2.28. The third kappa shape index (κ3) is 4.69. The van der Waals surface area contributed by atoms with Gasteiger partial charge in [0.15, 0.2) is 0 Å². The number of carbonyl (C=O) groups excluding carboxylic acids is 2. The molecular formula is C17H25N3O3. The fourth-order valence-corrected chi connectivity index (χ4v) is 2.95. The lowest BCUT2D eigenvalue weighted by atomic mass is 9.96. The van der Waals surface area contributed by atoms with Gasteiger partial charge >= 0.3 is 0 Å². The molecule has 2 amide bonds. The highest BCUT2D eigenvalue weighted by atomic mass is 16.5. The normalized spacial score (nSPS) is 19.2. The Labute approximate surface area is 136 Å². The molecule has 1 fully saturated rings. The van der Waals surface area contributed by atoms with Crippen LogP contribution in [0.1, 0.15) is 43.0 Å². The Balaban J connectivity index is 1.86. The summed E-state index contributed by atoms with van der Waals surface area (Å²) >= 11 is 0. The van der Waals surface area contributed by atoms with Crippen molar-refractivity contribution in [3.63, 3.8) is 0 Å². The van der Waals surface area contributed by atoms with Crippen molar-refractivity contribution in [1.29, 1.82) is 0 Å². The molecule has 6 nitrogen and oxygen atoms in total. The Morgan fingerprint density at radius 2 is 2.17 bits per heavy atom. The van der Waals surface area contributed by atoms with E-state index in [4.69, 9.17) is 16.2 Å². The minimum absolute atomic E-state index is 0.0209. The van der Waals surface area contributed by atoms with Crippen molar-refractivity contribution in [3.8, 4) is 5.75 Å². The Hall–Kier alpha value is -2.08. The summed E-state index contributed by atoms with van der Waals surface area (Å²) in [4.78, 5) is 25.4. The second kappa shape index (κ2) is 7.97. The Morgan fingerprint density at radius 1 is 1.39 bits per heavy atom. The van der Waals surface area contributed by atoms with Gasteiger partial charge < -0.3 is 21.1 Å². The van der Waals surface area contributed by atoms with Crippen LogP contribution in [-0.2, 0) is 4.79 Å². The van der Waals surface area contributed by atoms with Gasteiger partial charge in [-0.15, -0.1) is 0 Å². The molecule has 2 rings (SSSR count). The molecule has 0 aliphatic carbocycles. The van der Waals surface area contributed by atoms with Crippen LogP contribution >= 0.6 is 0 Å². The monoisotopic (exact) mass is 319 g/mol. The molecule has 0 bridgehead atoms. The predicted octanol–water partition coefficient (Wildman–Crippen LogP) is 1.28. The van der Waals surface area contributed by atoms with Crippen LogP contribution in [0, 0.1) is 0 Å². The summed E-state index contributed by atoms with van der Waals surface area (Å²) < 4.78 is 5.57. The minimum atomic E-state index is -0.500. The molecule has 0 saturated carbocycles. The number of nitrogens with zero attached hydrogens (tertiary/aromatic N) is 1. The standard InChI is InChI=1S/C17H25N3O3/c1-12(18)15-7-2-3-9-20(15)16(21)8-10-23-14-6-4-5-13(11-14)17(19)22/h4-6,11-12,15H,2-3,7-10,18H2,1H3,(H2,19,22). The quantitative estimate of drug-likeness (QED) is 0.825. The Morgan fingerprint density at radius 3 is 2.87 bits per heavy atom. The Kier molecular flexibility index (Phi) is 5.98. The zero-order valence-corrected chi connectivity index (χ0v) is 13.5. The van der Waals surface area contributed by atoms with Crippen LogP contribution in [0.5, 0.6) is 5.75 Å². The molecule has 126 valence electrons. The van der Waals surface area contributed by atoms with E-state index in [1.165, 1.54) is 0 Å². The first-order valence-corrected chi connectivity index (χ1v) is 8.06. The lowest BCUT2D eigenvalue weighted by Gasteiger charge is -2.38.